The number of hydrogen-bond acceptors (Lipinski definition) is 2. The maximum absolute atomic E-state index is 5.75. The van der Waals surface area contributed by atoms with Gasteiger partial charge < -0.3 is 0 Å². The zero-order valence-electron chi connectivity index (χ0n) is 6.74. The van der Waals surface area contributed by atoms with Gasteiger partial charge >= 0.3 is 0 Å². The predicted molar refractivity (Wildman–Crippen MR) is 51.3 cm³/mol. The molecule has 0 spiro atoms. The van der Waals surface area contributed by atoms with E-state index in [1.165, 1.54) is 0 Å². The summed E-state index contributed by atoms with van der Waals surface area (Å²) < 4.78 is 0. The summed E-state index contributed by atoms with van der Waals surface area (Å²) in [6.45, 7) is 0. The smallest absolute Gasteiger partial charge is 0.117 e. The lowest BCUT2D eigenvalue weighted by atomic mass is 10.2. The van der Waals surface area contributed by atoms with Crippen molar-refractivity contribution in [2.45, 2.75) is 0 Å². The average Bonchev–Trinajstić information content (AvgIpc) is 2.20. The molecule has 0 bridgehead atoms. The molecule has 0 atom stereocenters. The molecule has 1 aromatic carbocycles. The first-order valence-corrected chi connectivity index (χ1v) is 4.19. The number of aromatic nitrogens is 2. The Balaban J connectivity index is 2.42. The zero-order chi connectivity index (χ0) is 9.10. The third-order valence-corrected chi connectivity index (χ3v) is 1.88. The van der Waals surface area contributed by atoms with E-state index in [4.69, 9.17) is 11.6 Å². The monoisotopic (exact) mass is 189 g/mol. The van der Waals surface area contributed by atoms with Gasteiger partial charge in [0.15, 0.2) is 0 Å². The lowest BCUT2D eigenvalue weighted by molar-refractivity contribution is 1.19. The van der Waals surface area contributed by atoms with Gasteiger partial charge in [0, 0.05) is 23.0 Å². The zero-order valence-corrected chi connectivity index (χ0v) is 7.49. The Morgan fingerprint density at radius 3 is 2.46 bits per heavy atom. The normalized spacial score (nSPS) is 9.92. The number of benzene rings is 1. The molecule has 2 rings (SSSR count). The highest BCUT2D eigenvalue weighted by Gasteiger charge is 1.97. The minimum Gasteiger partial charge on any atom is -0.252 e. The van der Waals surface area contributed by atoms with Crippen LogP contribution in [0, 0.1) is 6.20 Å². The topological polar surface area (TPSA) is 25.8 Å². The molecule has 13 heavy (non-hydrogen) atoms. The first-order valence-electron chi connectivity index (χ1n) is 3.81. The van der Waals surface area contributed by atoms with Crippen molar-refractivity contribution in [1.29, 1.82) is 0 Å². The highest BCUT2D eigenvalue weighted by Crippen LogP contribution is 2.17. The van der Waals surface area contributed by atoms with E-state index in [0.29, 0.717) is 5.02 Å². The van der Waals surface area contributed by atoms with Crippen molar-refractivity contribution in [3.8, 4) is 11.3 Å². The maximum Gasteiger partial charge on any atom is 0.117 e. The summed E-state index contributed by atoms with van der Waals surface area (Å²) in [6.07, 6.45) is 6.04. The van der Waals surface area contributed by atoms with Crippen LogP contribution in [-0.4, -0.2) is 9.97 Å². The molecule has 1 radical (unpaired) electrons. The van der Waals surface area contributed by atoms with Crippen LogP contribution in [0.5, 0.6) is 0 Å². The molecular formula is C10H6ClN2. The Bertz CT molecular complexity index is 383. The molecule has 0 fully saturated rings. The second-order valence-corrected chi connectivity index (χ2v) is 2.96. The van der Waals surface area contributed by atoms with Crippen molar-refractivity contribution in [3.05, 3.63) is 47.9 Å². The van der Waals surface area contributed by atoms with E-state index in [1.54, 1.807) is 12.4 Å². The largest absolute Gasteiger partial charge is 0.252 e. The van der Waals surface area contributed by atoms with Crippen molar-refractivity contribution >= 4 is 11.6 Å². The highest BCUT2D eigenvalue weighted by molar-refractivity contribution is 6.30. The number of hydrogen-bond donors (Lipinski definition) is 0. The van der Waals surface area contributed by atoms with Crippen LogP contribution in [0.2, 0.25) is 5.02 Å². The Morgan fingerprint density at radius 1 is 1.08 bits per heavy atom. The summed E-state index contributed by atoms with van der Waals surface area (Å²) in [7, 11) is 0. The van der Waals surface area contributed by atoms with Crippen LogP contribution in [0.1, 0.15) is 0 Å². The van der Waals surface area contributed by atoms with Crippen LogP contribution < -0.4 is 0 Å². The Hall–Kier alpha value is -1.41. The fraction of sp³-hybridized carbons (Fsp3) is 0. The molecule has 3 heteroatoms. The molecule has 1 aromatic heterocycles. The summed E-state index contributed by atoms with van der Waals surface area (Å²) >= 11 is 5.75. The van der Waals surface area contributed by atoms with Crippen LogP contribution in [0.15, 0.2) is 36.7 Å². The van der Waals surface area contributed by atoms with Crippen molar-refractivity contribution in [3.63, 3.8) is 0 Å². The van der Waals surface area contributed by atoms with Gasteiger partial charge in [-0.05, 0) is 12.1 Å². The lowest BCUT2D eigenvalue weighted by Crippen LogP contribution is -1.83. The van der Waals surface area contributed by atoms with E-state index in [2.05, 4.69) is 16.2 Å². The predicted octanol–water partition coefficient (Wildman–Crippen LogP) is 2.60. The molecule has 1 heterocycles. The first kappa shape index (κ1) is 8.20. The van der Waals surface area contributed by atoms with Crippen LogP contribution in [0.3, 0.4) is 0 Å². The molecule has 0 amide bonds. The van der Waals surface area contributed by atoms with E-state index in [9.17, 15) is 0 Å². The van der Waals surface area contributed by atoms with Crippen molar-refractivity contribution in [1.82, 2.24) is 9.97 Å². The molecule has 0 N–H and O–H groups in total. The standard InChI is InChI=1S/C10H6ClN2/c11-9-3-1-8(2-4-9)10-7-12-5-6-13-10/h1-6H. The quantitative estimate of drug-likeness (QED) is 0.689. The van der Waals surface area contributed by atoms with E-state index in [1.807, 2.05) is 24.3 Å². The van der Waals surface area contributed by atoms with Gasteiger partial charge in [-0.25, -0.2) is 0 Å². The second kappa shape index (κ2) is 3.54. The average molecular weight is 190 g/mol. The van der Waals surface area contributed by atoms with Gasteiger partial charge in [-0.2, -0.15) is 0 Å². The third kappa shape index (κ3) is 1.84. The Morgan fingerprint density at radius 2 is 1.85 bits per heavy atom. The van der Waals surface area contributed by atoms with E-state index < -0.39 is 0 Å². The molecule has 0 saturated carbocycles. The third-order valence-electron chi connectivity index (χ3n) is 1.63. The SMILES string of the molecule is Clc1ccc(-c2[c]nccn2)cc1. The Kier molecular flexibility index (Phi) is 2.23. The van der Waals surface area contributed by atoms with Gasteiger partial charge in [-0.3, -0.25) is 9.97 Å². The molecule has 0 aliphatic heterocycles. The molecule has 63 valence electrons. The summed E-state index contributed by atoms with van der Waals surface area (Å²) in [6, 6.07) is 7.42. The summed E-state index contributed by atoms with van der Waals surface area (Å²) in [5.74, 6) is 0. The molecule has 2 aromatic rings. The van der Waals surface area contributed by atoms with Gasteiger partial charge in [-0.15, -0.1) is 0 Å². The highest BCUT2D eigenvalue weighted by atomic mass is 35.5. The first-order chi connectivity index (χ1) is 6.36. The van der Waals surface area contributed by atoms with Gasteiger partial charge in [0.2, 0.25) is 0 Å². The molecule has 0 saturated heterocycles. The molecule has 2 nitrogen and oxygen atoms in total. The van der Waals surface area contributed by atoms with Gasteiger partial charge in [0.25, 0.3) is 0 Å². The maximum atomic E-state index is 5.75. The molecular weight excluding hydrogens is 184 g/mol. The van der Waals surface area contributed by atoms with Crippen LogP contribution >= 0.6 is 11.6 Å². The van der Waals surface area contributed by atoms with E-state index in [-0.39, 0.29) is 0 Å². The van der Waals surface area contributed by atoms with E-state index in [0.717, 1.165) is 11.3 Å². The molecule has 0 unspecified atom stereocenters. The van der Waals surface area contributed by atoms with Gasteiger partial charge in [0.05, 0.1) is 5.69 Å². The van der Waals surface area contributed by atoms with E-state index >= 15 is 0 Å². The van der Waals surface area contributed by atoms with Crippen molar-refractivity contribution in [2.75, 3.05) is 0 Å². The summed E-state index contributed by atoms with van der Waals surface area (Å²) in [5, 5.41) is 0.715. The molecule has 0 aliphatic carbocycles. The van der Waals surface area contributed by atoms with Crippen molar-refractivity contribution in [2.24, 2.45) is 0 Å². The van der Waals surface area contributed by atoms with Gasteiger partial charge in [0.1, 0.15) is 6.20 Å². The lowest BCUT2D eigenvalue weighted by Gasteiger charge is -1.97. The van der Waals surface area contributed by atoms with Crippen molar-refractivity contribution < 1.29 is 0 Å². The Labute approximate surface area is 81.2 Å². The minimum absolute atomic E-state index is 0.715. The number of rotatable bonds is 1. The van der Waals surface area contributed by atoms with Gasteiger partial charge in [-0.1, -0.05) is 23.7 Å². The second-order valence-electron chi connectivity index (χ2n) is 2.52. The van der Waals surface area contributed by atoms with Crippen LogP contribution in [0.25, 0.3) is 11.3 Å². The number of nitrogens with zero attached hydrogens (tertiary/aromatic N) is 2. The summed E-state index contributed by atoms with van der Waals surface area (Å²) in [5.41, 5.74) is 1.71. The molecule has 0 aliphatic rings. The minimum atomic E-state index is 0.715. The summed E-state index contributed by atoms with van der Waals surface area (Å²) in [4.78, 5) is 7.98. The van der Waals surface area contributed by atoms with Crippen LogP contribution in [0.4, 0.5) is 0 Å². The fourth-order valence-electron chi connectivity index (χ4n) is 1.02. The van der Waals surface area contributed by atoms with Crippen LogP contribution in [-0.2, 0) is 0 Å². The number of halogens is 1. The fourth-order valence-corrected chi connectivity index (χ4v) is 1.14.